The molecule has 9 N–H and O–H groups in total. The van der Waals surface area contributed by atoms with E-state index in [0.717, 1.165) is 0 Å². The quantitative estimate of drug-likeness (QED) is 0.0262. The Labute approximate surface area is 587 Å². The van der Waals surface area contributed by atoms with Crippen LogP contribution in [0.5, 0.6) is 17.6 Å². The fraction of sp³-hybridized carbons (Fsp3) is 0.433. The van der Waals surface area contributed by atoms with Crippen molar-refractivity contribution in [1.29, 1.82) is 0 Å². The Hall–Kier alpha value is -10.2. The first-order valence-electron chi connectivity index (χ1n) is 31.8. The molecule has 0 saturated carbocycles. The maximum absolute atomic E-state index is 12.7. The summed E-state index contributed by atoms with van der Waals surface area (Å²) in [5.74, 6) is -2.92. The lowest BCUT2D eigenvalue weighted by Crippen LogP contribution is -2.52. The van der Waals surface area contributed by atoms with Gasteiger partial charge in [0.15, 0.2) is 58.3 Å². The highest BCUT2D eigenvalue weighted by Crippen LogP contribution is 2.36. The van der Waals surface area contributed by atoms with Crippen molar-refractivity contribution in [2.75, 3.05) is 55.6 Å². The number of amides is 3. The summed E-state index contributed by atoms with van der Waals surface area (Å²) in [4.78, 5) is 100. The number of aromatic nitrogens is 12. The SMILES string of the molecule is C.C=CCOc1nc(NC(=O)C(C)C)nc2c1ncn2C1OCC(C)C(OC(=O)c2ccccc2)C1O.C=CCOc1nc(NC(=O)C(C)C)nc2c1ncn2C1OCC(O)C(O)C1O.C=CCOc1nc(NC(=O)C(C)C)nc2c1ncn2C1OCC(O)C(OC(=O)c2ccccc2)C1O.[B]. The third-order valence-electron chi connectivity index (χ3n) is 15.4. The summed E-state index contributed by atoms with van der Waals surface area (Å²) < 4.78 is 49.3. The van der Waals surface area contributed by atoms with Crippen LogP contribution >= 0.6 is 0 Å². The van der Waals surface area contributed by atoms with Gasteiger partial charge in [-0.3, -0.25) is 44.0 Å². The van der Waals surface area contributed by atoms with Crippen molar-refractivity contribution in [2.24, 2.45) is 23.7 Å². The molecule has 2 aromatic carbocycles. The molecule has 3 aliphatic heterocycles. The third kappa shape index (κ3) is 18.5. The predicted octanol–water partition coefficient (Wildman–Crippen LogP) is 4.05. The molecule has 3 radical (unpaired) electrons. The number of nitrogens with zero attached hydrogens (tertiary/aromatic N) is 12. The van der Waals surface area contributed by atoms with E-state index in [9.17, 15) is 54.6 Å². The summed E-state index contributed by atoms with van der Waals surface area (Å²) >= 11 is 0. The largest absolute Gasteiger partial charge is 0.472 e. The summed E-state index contributed by atoms with van der Waals surface area (Å²) in [7, 11) is 0. The van der Waals surface area contributed by atoms with Crippen LogP contribution in [0.2, 0.25) is 0 Å². The standard InChI is InChI=1S/C25H29N5O6.C24H27N5O7.C17H23N5O6.CH4.B/c1-5-11-34-22-17-20(27-25(29-22)28-21(32)14(2)3)30(13-26-17)23-18(31)19(15(4)12-35-23)36-24(33)16-9-7-6-8-10-16;1-4-10-34-21-16-19(26-24(28-21)27-20(32)13(2)3)29(12-25-16)22-17(31)18(15(30)11-35-22)36-23(33)14-8-6-5-7-9-14;1-4-5-27-15-10-13(19-17(21-15)20-14(26)8(2)3)22(7-18-10)16-12(25)11(24)9(23)6-28-16;;/h5-10,13-15,18-19,23,31H,1,11-12H2,2-4H3,(H,27,28,29,32);4-9,12-13,15,17-18,22,30-31H,1,10-11H2,2-3H3,(H,26,27,28,32);4,7-9,11-12,16,23-25H,1,5-6H2,2-3H3,(H,19,20,21,26);1H4;. The summed E-state index contributed by atoms with van der Waals surface area (Å²) in [6.45, 7) is 23.3. The number of aliphatic hydroxyl groups is 6. The number of nitrogens with one attached hydrogen (secondary N) is 3. The van der Waals surface area contributed by atoms with Crippen molar-refractivity contribution in [3.05, 3.63) is 129 Å². The Morgan fingerprint density at radius 3 is 1.17 bits per heavy atom. The molecule has 35 heteroatoms. The van der Waals surface area contributed by atoms with Gasteiger partial charge in [-0.1, -0.05) is 130 Å². The van der Waals surface area contributed by atoms with E-state index in [1.54, 1.807) is 108 Å². The second-order valence-electron chi connectivity index (χ2n) is 24.0. The Bertz CT molecular complexity index is 4010. The van der Waals surface area contributed by atoms with Gasteiger partial charge in [0.1, 0.15) is 62.5 Å². The zero-order valence-corrected chi connectivity index (χ0v) is 56.2. The molecule has 34 nitrogen and oxygen atoms in total. The molecule has 102 heavy (non-hydrogen) atoms. The van der Waals surface area contributed by atoms with Gasteiger partial charge in [-0.15, -0.1) is 0 Å². The van der Waals surface area contributed by atoms with E-state index in [1.165, 1.54) is 44.8 Å². The molecule has 0 aliphatic carbocycles. The fourth-order valence-electron chi connectivity index (χ4n) is 9.99. The van der Waals surface area contributed by atoms with Gasteiger partial charge in [0, 0.05) is 32.1 Å². The number of hydrogen-bond acceptors (Lipinski definition) is 28. The van der Waals surface area contributed by atoms with E-state index >= 15 is 0 Å². The van der Waals surface area contributed by atoms with Gasteiger partial charge < -0.3 is 68.5 Å². The van der Waals surface area contributed by atoms with Crippen LogP contribution in [-0.2, 0) is 38.1 Å². The number of hydrogen-bond donors (Lipinski definition) is 9. The zero-order valence-electron chi connectivity index (χ0n) is 56.2. The molecule has 3 fully saturated rings. The van der Waals surface area contributed by atoms with Crippen molar-refractivity contribution in [3.63, 3.8) is 0 Å². The van der Waals surface area contributed by atoms with Crippen molar-refractivity contribution < 1.29 is 92.5 Å². The lowest BCUT2D eigenvalue weighted by molar-refractivity contribution is -0.210. The molecule has 8 aromatic rings. The number of carbonyl (C=O) groups excluding carboxylic acids is 5. The minimum atomic E-state index is -1.47. The highest BCUT2D eigenvalue weighted by atomic mass is 16.6. The van der Waals surface area contributed by atoms with E-state index < -0.39 is 79.5 Å². The molecule has 543 valence electrons. The highest BCUT2D eigenvalue weighted by molar-refractivity contribution is 5.94. The van der Waals surface area contributed by atoms with E-state index in [0.29, 0.717) is 11.1 Å². The first-order valence-corrected chi connectivity index (χ1v) is 31.8. The van der Waals surface area contributed by atoms with E-state index in [2.05, 4.69) is 80.5 Å². The van der Waals surface area contributed by atoms with E-state index in [1.807, 2.05) is 6.92 Å². The Balaban J connectivity index is 0.000000214. The molecule has 3 saturated heterocycles. The number of aliphatic hydroxyl groups excluding tert-OH is 6. The average Bonchev–Trinajstić information content (AvgIpc) is 1.59. The number of fused-ring (bicyclic) bond motifs is 3. The van der Waals surface area contributed by atoms with Crippen molar-refractivity contribution in [1.82, 2.24) is 58.6 Å². The molecule has 9 heterocycles. The van der Waals surface area contributed by atoms with Gasteiger partial charge in [0.25, 0.3) is 0 Å². The first kappa shape index (κ1) is 79.1. The molecular weight excluding hydrogens is 1330 g/mol. The Morgan fingerprint density at radius 2 is 0.814 bits per heavy atom. The molecular formula is C67H83BN15O19. The molecule has 0 spiro atoms. The number of imidazole rings is 3. The summed E-state index contributed by atoms with van der Waals surface area (Å²) in [5, 5.41) is 70.5. The molecule has 0 bridgehead atoms. The highest BCUT2D eigenvalue weighted by Gasteiger charge is 2.45. The summed E-state index contributed by atoms with van der Waals surface area (Å²) in [6, 6.07) is 16.8. The first-order chi connectivity index (χ1) is 47.9. The van der Waals surface area contributed by atoms with Crippen LogP contribution in [0.4, 0.5) is 17.8 Å². The van der Waals surface area contributed by atoms with Crippen LogP contribution in [0.3, 0.4) is 0 Å². The lowest BCUT2D eigenvalue weighted by atomic mass is 9.96. The maximum atomic E-state index is 12.7. The fourth-order valence-corrected chi connectivity index (χ4v) is 9.99. The Kier molecular flexibility index (Phi) is 27.8. The van der Waals surface area contributed by atoms with Crippen LogP contribution in [0, 0.1) is 23.7 Å². The number of anilines is 3. The average molecular weight is 1410 g/mol. The van der Waals surface area contributed by atoms with Crippen molar-refractivity contribution >= 4 is 89.4 Å². The van der Waals surface area contributed by atoms with Crippen molar-refractivity contribution in [2.45, 2.75) is 123 Å². The topological polar surface area (TPSA) is 447 Å². The smallest absolute Gasteiger partial charge is 0.338 e. The molecule has 11 rings (SSSR count). The Morgan fingerprint density at radius 1 is 0.490 bits per heavy atom. The number of esters is 2. The second kappa shape index (κ2) is 35.9. The van der Waals surface area contributed by atoms with Gasteiger partial charge in [-0.2, -0.15) is 29.9 Å². The normalized spacial score (nSPS) is 22.3. The maximum Gasteiger partial charge on any atom is 0.338 e. The number of benzene rings is 2. The van der Waals surface area contributed by atoms with Crippen LogP contribution < -0.4 is 30.2 Å². The predicted molar refractivity (Wildman–Crippen MR) is 367 cm³/mol. The van der Waals surface area contributed by atoms with Gasteiger partial charge >= 0.3 is 11.9 Å². The molecule has 12 atom stereocenters. The summed E-state index contributed by atoms with van der Waals surface area (Å²) in [5.41, 5.74) is 2.18. The van der Waals surface area contributed by atoms with Crippen LogP contribution in [0.1, 0.15) is 95.3 Å². The van der Waals surface area contributed by atoms with Gasteiger partial charge in [0.2, 0.25) is 53.2 Å². The lowest BCUT2D eigenvalue weighted by Gasteiger charge is -2.38. The number of ether oxygens (including phenoxy) is 8. The number of rotatable bonds is 22. The minimum absolute atomic E-state index is 0. The minimum Gasteiger partial charge on any atom is -0.472 e. The molecule has 6 aromatic heterocycles. The van der Waals surface area contributed by atoms with Crippen LogP contribution in [0.25, 0.3) is 33.5 Å². The third-order valence-corrected chi connectivity index (χ3v) is 15.4. The van der Waals surface area contributed by atoms with Crippen molar-refractivity contribution in [3.8, 4) is 17.6 Å². The van der Waals surface area contributed by atoms with Gasteiger partial charge in [0.05, 0.1) is 49.9 Å². The summed E-state index contributed by atoms with van der Waals surface area (Å²) in [6.07, 6.45) is -4.46. The monoisotopic (exact) mass is 1410 g/mol. The van der Waals surface area contributed by atoms with E-state index in [4.69, 9.17) is 37.9 Å². The second-order valence-corrected chi connectivity index (χ2v) is 24.0. The van der Waals surface area contributed by atoms with Crippen LogP contribution in [0.15, 0.2) is 118 Å². The van der Waals surface area contributed by atoms with Crippen LogP contribution in [-0.4, -0.2) is 216 Å². The van der Waals surface area contributed by atoms with Gasteiger partial charge in [-0.25, -0.2) is 24.5 Å². The van der Waals surface area contributed by atoms with Gasteiger partial charge in [-0.05, 0) is 24.3 Å². The zero-order chi connectivity index (χ0) is 72.1. The molecule has 3 amide bonds. The molecule has 3 aliphatic rings. The number of carbonyl (C=O) groups is 5. The molecule has 12 unspecified atom stereocenters. The van der Waals surface area contributed by atoms with E-state index in [-0.39, 0.29) is 166 Å².